The van der Waals surface area contributed by atoms with E-state index in [4.69, 9.17) is 16.6 Å². The molecule has 1 aliphatic rings. The van der Waals surface area contributed by atoms with Crippen LogP contribution in [0, 0.1) is 0 Å². The van der Waals surface area contributed by atoms with Crippen molar-refractivity contribution in [1.82, 2.24) is 9.55 Å². The zero-order valence-corrected chi connectivity index (χ0v) is 14.5. The quantitative estimate of drug-likeness (QED) is 0.623. The van der Waals surface area contributed by atoms with E-state index in [1.165, 1.54) is 23.3 Å². The van der Waals surface area contributed by atoms with Gasteiger partial charge in [-0.25, -0.2) is 4.98 Å². The Labute approximate surface area is 137 Å². The molecule has 2 aromatic heterocycles. The van der Waals surface area contributed by atoms with Gasteiger partial charge in [-0.2, -0.15) is 0 Å². The van der Waals surface area contributed by atoms with Crippen molar-refractivity contribution in [2.24, 2.45) is 7.05 Å². The number of thiophene rings is 1. The first-order chi connectivity index (χ1) is 10.1. The molecule has 2 heterocycles. The number of halogens is 1. The number of nitrogens with zero attached hydrogens (tertiary/aromatic N) is 2. The van der Waals surface area contributed by atoms with E-state index in [-0.39, 0.29) is 5.56 Å². The third-order valence-corrected chi connectivity index (χ3v) is 6.03. The minimum absolute atomic E-state index is 0.0912. The predicted octanol–water partition coefficient (Wildman–Crippen LogP) is 4.11. The summed E-state index contributed by atoms with van der Waals surface area (Å²) in [5.74, 6) is 0.728. The molecule has 0 radical (unpaired) electrons. The summed E-state index contributed by atoms with van der Waals surface area (Å²) >= 11 is 9.08. The Kier molecular flexibility index (Phi) is 4.43. The molecule has 0 bridgehead atoms. The average molecular weight is 341 g/mol. The topological polar surface area (TPSA) is 34.9 Å². The Morgan fingerprint density at radius 2 is 2.24 bits per heavy atom. The van der Waals surface area contributed by atoms with E-state index < -0.39 is 0 Å². The van der Waals surface area contributed by atoms with Crippen LogP contribution < -0.4 is 5.56 Å². The van der Waals surface area contributed by atoms with Gasteiger partial charge in [0.1, 0.15) is 4.83 Å². The Balaban J connectivity index is 2.06. The number of fused-ring (bicyclic) bond motifs is 3. The number of allylic oxidation sites excluding steroid dienone is 1. The molecule has 6 heteroatoms. The van der Waals surface area contributed by atoms with Crippen molar-refractivity contribution in [2.75, 3.05) is 5.75 Å². The van der Waals surface area contributed by atoms with Gasteiger partial charge in [0, 0.05) is 22.7 Å². The molecule has 0 saturated carbocycles. The molecule has 21 heavy (non-hydrogen) atoms. The van der Waals surface area contributed by atoms with E-state index in [1.807, 2.05) is 13.0 Å². The molecule has 3 nitrogen and oxygen atoms in total. The molecule has 0 saturated heterocycles. The molecule has 0 atom stereocenters. The summed E-state index contributed by atoms with van der Waals surface area (Å²) in [5, 5.41) is 2.38. The maximum atomic E-state index is 12.7. The minimum Gasteiger partial charge on any atom is -0.290 e. The summed E-state index contributed by atoms with van der Waals surface area (Å²) in [7, 11) is 1.81. The summed E-state index contributed by atoms with van der Waals surface area (Å²) < 4.78 is 1.67. The molecule has 0 unspecified atom stereocenters. The standard InChI is InChI=1S/C15H17ClN2OS2/c1-9(16)7-8-20-15-17-13-12(14(19)18(15)2)10-5-3-4-6-11(10)21-13/h7H,3-6,8H2,1-2H3. The van der Waals surface area contributed by atoms with Crippen molar-refractivity contribution in [2.45, 2.75) is 37.8 Å². The Morgan fingerprint density at radius 3 is 3.00 bits per heavy atom. The summed E-state index contributed by atoms with van der Waals surface area (Å²) in [6, 6.07) is 0. The van der Waals surface area contributed by atoms with Crippen LogP contribution in [0.15, 0.2) is 21.1 Å². The Morgan fingerprint density at radius 1 is 1.48 bits per heavy atom. The third kappa shape index (κ3) is 2.91. The van der Waals surface area contributed by atoms with Gasteiger partial charge in [-0.05, 0) is 38.2 Å². The number of hydrogen-bond acceptors (Lipinski definition) is 4. The molecule has 2 aromatic rings. The molecule has 0 N–H and O–H groups in total. The van der Waals surface area contributed by atoms with Crippen molar-refractivity contribution in [3.05, 3.63) is 31.9 Å². The van der Waals surface area contributed by atoms with Crippen molar-refractivity contribution in [1.29, 1.82) is 0 Å². The van der Waals surface area contributed by atoms with Crippen LogP contribution in [-0.4, -0.2) is 15.3 Å². The van der Waals surface area contributed by atoms with Gasteiger partial charge in [0.25, 0.3) is 5.56 Å². The van der Waals surface area contributed by atoms with Crippen LogP contribution >= 0.6 is 34.7 Å². The smallest absolute Gasteiger partial charge is 0.262 e. The van der Waals surface area contributed by atoms with Gasteiger partial charge in [-0.15, -0.1) is 11.3 Å². The predicted molar refractivity (Wildman–Crippen MR) is 91.8 cm³/mol. The molecule has 0 fully saturated rings. The van der Waals surface area contributed by atoms with Crippen LogP contribution in [0.3, 0.4) is 0 Å². The zero-order chi connectivity index (χ0) is 15.0. The van der Waals surface area contributed by atoms with Crippen molar-refractivity contribution >= 4 is 44.9 Å². The van der Waals surface area contributed by atoms with Gasteiger partial charge < -0.3 is 0 Å². The number of aryl methyl sites for hydroxylation is 2. The van der Waals surface area contributed by atoms with Gasteiger partial charge >= 0.3 is 0 Å². The number of aromatic nitrogens is 2. The number of thioether (sulfide) groups is 1. The van der Waals surface area contributed by atoms with E-state index in [1.54, 1.807) is 34.7 Å². The van der Waals surface area contributed by atoms with E-state index >= 15 is 0 Å². The monoisotopic (exact) mass is 340 g/mol. The van der Waals surface area contributed by atoms with Crippen molar-refractivity contribution in [3.8, 4) is 0 Å². The highest BCUT2D eigenvalue weighted by Gasteiger charge is 2.21. The van der Waals surface area contributed by atoms with Crippen LogP contribution in [0.1, 0.15) is 30.2 Å². The van der Waals surface area contributed by atoms with E-state index in [0.29, 0.717) is 0 Å². The molecule has 1 aliphatic carbocycles. The summed E-state index contributed by atoms with van der Waals surface area (Å²) in [4.78, 5) is 19.6. The van der Waals surface area contributed by atoms with Crippen LogP contribution in [0.5, 0.6) is 0 Å². The third-order valence-electron chi connectivity index (χ3n) is 3.73. The summed E-state index contributed by atoms with van der Waals surface area (Å²) in [5.41, 5.74) is 1.34. The number of rotatable bonds is 3. The van der Waals surface area contributed by atoms with Crippen molar-refractivity contribution in [3.63, 3.8) is 0 Å². The van der Waals surface area contributed by atoms with Crippen LogP contribution in [0.25, 0.3) is 10.2 Å². The first-order valence-corrected chi connectivity index (χ1v) is 9.22. The minimum atomic E-state index is 0.0912. The molecule has 3 rings (SSSR count). The molecule has 0 spiro atoms. The largest absolute Gasteiger partial charge is 0.290 e. The molecule has 0 aliphatic heterocycles. The molecule has 112 valence electrons. The highest BCUT2D eigenvalue weighted by molar-refractivity contribution is 7.99. The Bertz CT molecular complexity index is 772. The lowest BCUT2D eigenvalue weighted by atomic mass is 9.97. The second kappa shape index (κ2) is 6.15. The summed E-state index contributed by atoms with van der Waals surface area (Å²) in [6.07, 6.45) is 6.45. The van der Waals surface area contributed by atoms with Crippen LogP contribution in [-0.2, 0) is 19.9 Å². The zero-order valence-electron chi connectivity index (χ0n) is 12.1. The van der Waals surface area contributed by atoms with Gasteiger partial charge in [0.15, 0.2) is 5.16 Å². The van der Waals surface area contributed by atoms with Gasteiger partial charge in [0.2, 0.25) is 0 Å². The lowest BCUT2D eigenvalue weighted by molar-refractivity contribution is 0.695. The van der Waals surface area contributed by atoms with Gasteiger partial charge in [-0.1, -0.05) is 29.4 Å². The second-order valence-electron chi connectivity index (χ2n) is 5.25. The van der Waals surface area contributed by atoms with E-state index in [9.17, 15) is 4.79 Å². The normalized spacial score (nSPS) is 15.5. The fourth-order valence-corrected chi connectivity index (χ4v) is 5.02. The second-order valence-corrected chi connectivity index (χ2v) is 7.92. The molecular formula is C15H17ClN2OS2. The van der Waals surface area contributed by atoms with E-state index in [2.05, 4.69) is 0 Å². The van der Waals surface area contributed by atoms with Crippen LogP contribution in [0.2, 0.25) is 0 Å². The molecule has 0 amide bonds. The maximum Gasteiger partial charge on any atom is 0.262 e. The highest BCUT2D eigenvalue weighted by Crippen LogP contribution is 2.34. The van der Waals surface area contributed by atoms with Gasteiger partial charge in [0.05, 0.1) is 5.39 Å². The first-order valence-electron chi connectivity index (χ1n) is 7.04. The first kappa shape index (κ1) is 15.1. The fourth-order valence-electron chi connectivity index (χ4n) is 2.63. The lowest BCUT2D eigenvalue weighted by Crippen LogP contribution is -2.20. The fraction of sp³-hybridized carbons (Fsp3) is 0.467. The lowest BCUT2D eigenvalue weighted by Gasteiger charge is -2.10. The summed E-state index contributed by atoms with van der Waals surface area (Å²) in [6.45, 7) is 1.85. The number of hydrogen-bond donors (Lipinski definition) is 0. The molecular weight excluding hydrogens is 324 g/mol. The highest BCUT2D eigenvalue weighted by atomic mass is 35.5. The maximum absolute atomic E-state index is 12.7. The Hall–Kier alpha value is -0.780. The molecule has 0 aromatic carbocycles. The SMILES string of the molecule is CC(Cl)=CCSc1nc2sc3c(c2c(=O)n1C)CCCC3. The van der Waals surface area contributed by atoms with Gasteiger partial charge in [-0.3, -0.25) is 9.36 Å². The van der Waals surface area contributed by atoms with Crippen molar-refractivity contribution < 1.29 is 0 Å². The van der Waals surface area contributed by atoms with E-state index in [0.717, 1.165) is 39.0 Å². The average Bonchev–Trinajstić information content (AvgIpc) is 2.82. The van der Waals surface area contributed by atoms with Crippen LogP contribution in [0.4, 0.5) is 0 Å².